The quantitative estimate of drug-likeness (QED) is 0.338. The van der Waals surface area contributed by atoms with Crippen LogP contribution in [0.1, 0.15) is 0 Å². The van der Waals surface area contributed by atoms with E-state index < -0.39 is 65.5 Å². The summed E-state index contributed by atoms with van der Waals surface area (Å²) in [5.74, 6) is -41.9. The summed E-state index contributed by atoms with van der Waals surface area (Å²) in [5, 5.41) is 0. The van der Waals surface area contributed by atoms with Crippen LogP contribution in [0, 0.1) is 0 Å². The molecule has 0 radical (unpaired) electrons. The third-order valence-corrected chi connectivity index (χ3v) is 4.35. The first-order valence-corrected chi connectivity index (χ1v) is 7.07. The van der Waals surface area contributed by atoms with E-state index in [0.29, 0.717) is 0 Å². The van der Waals surface area contributed by atoms with Gasteiger partial charge in [-0.1, -0.05) is 0 Å². The zero-order valence-electron chi connectivity index (χ0n) is 14.2. The standard InChI is InChI=1S/C11F22O/c12-1(8(22,23)24,9(25,26)27)2(10(28,29)30,11(31,32)33)34-7(21)5(17,18)3(13,14)4(15,16)6(7,19)20. The van der Waals surface area contributed by atoms with Crippen LogP contribution in [0.15, 0.2) is 0 Å². The van der Waals surface area contributed by atoms with Gasteiger partial charge in [-0.05, 0) is 0 Å². The minimum Gasteiger partial charge on any atom is -0.308 e. The first kappa shape index (κ1) is 30.5. The molecule has 1 aliphatic carbocycles. The van der Waals surface area contributed by atoms with Gasteiger partial charge in [-0.2, -0.15) is 92.2 Å². The van der Waals surface area contributed by atoms with Crippen LogP contribution < -0.4 is 0 Å². The average Bonchev–Trinajstić information content (AvgIpc) is 2.57. The molecule has 0 atom stereocenters. The molecule has 0 amide bonds. The molecule has 0 aliphatic heterocycles. The number of rotatable bonds is 3. The summed E-state index contributed by atoms with van der Waals surface area (Å²) in [6.07, 6.45) is -35.4. The Morgan fingerprint density at radius 2 is 0.588 bits per heavy atom. The zero-order chi connectivity index (χ0) is 28.2. The van der Waals surface area contributed by atoms with Gasteiger partial charge in [0.25, 0.3) is 0 Å². The Labute approximate surface area is 168 Å². The Bertz CT molecular complexity index is 736. The maximum absolute atomic E-state index is 14.1. The molecular formula is C11F22O. The molecule has 0 spiro atoms. The van der Waals surface area contributed by atoms with Gasteiger partial charge in [-0.15, -0.1) is 0 Å². The Hall–Kier alpha value is -1.58. The fourth-order valence-corrected chi connectivity index (χ4v) is 2.63. The van der Waals surface area contributed by atoms with Crippen molar-refractivity contribution in [1.29, 1.82) is 0 Å². The monoisotopic (exact) mass is 566 g/mol. The summed E-state index contributed by atoms with van der Waals surface area (Å²) in [7, 11) is 0. The molecule has 1 fully saturated rings. The number of ether oxygens (including phenoxy) is 1. The van der Waals surface area contributed by atoms with Crippen molar-refractivity contribution in [2.24, 2.45) is 0 Å². The number of alkyl halides is 22. The second-order valence-electron chi connectivity index (χ2n) is 6.33. The van der Waals surface area contributed by atoms with Gasteiger partial charge in [-0.3, -0.25) is 0 Å². The lowest BCUT2D eigenvalue weighted by atomic mass is 9.80. The van der Waals surface area contributed by atoms with Crippen LogP contribution in [-0.4, -0.2) is 65.5 Å². The minimum absolute atomic E-state index is 1.04. The van der Waals surface area contributed by atoms with Crippen molar-refractivity contribution in [3.8, 4) is 0 Å². The summed E-state index contributed by atoms with van der Waals surface area (Å²) in [4.78, 5) is 0. The fraction of sp³-hybridized carbons (Fsp3) is 1.00. The minimum atomic E-state index is -9.35. The van der Waals surface area contributed by atoms with Gasteiger partial charge in [0.2, 0.25) is 0 Å². The second kappa shape index (κ2) is 6.79. The van der Waals surface area contributed by atoms with E-state index in [-0.39, 0.29) is 0 Å². The lowest BCUT2D eigenvalue weighted by Gasteiger charge is -2.49. The van der Waals surface area contributed by atoms with E-state index in [1.165, 1.54) is 0 Å². The molecular weight excluding hydrogens is 566 g/mol. The lowest BCUT2D eigenvalue weighted by molar-refractivity contribution is -0.529. The number of hydrogen-bond donors (Lipinski definition) is 0. The smallest absolute Gasteiger partial charge is 0.308 e. The summed E-state index contributed by atoms with van der Waals surface area (Å²) in [6, 6.07) is 0. The van der Waals surface area contributed by atoms with E-state index in [1.54, 1.807) is 0 Å². The molecule has 1 nitrogen and oxygen atoms in total. The van der Waals surface area contributed by atoms with Crippen molar-refractivity contribution in [2.75, 3.05) is 0 Å². The van der Waals surface area contributed by atoms with Crippen molar-refractivity contribution in [3.63, 3.8) is 0 Å². The predicted octanol–water partition coefficient (Wildman–Crippen LogP) is 6.92. The van der Waals surface area contributed by atoms with Gasteiger partial charge < -0.3 is 4.74 Å². The van der Waals surface area contributed by atoms with E-state index in [9.17, 15) is 96.6 Å². The maximum Gasteiger partial charge on any atom is 0.435 e. The summed E-state index contributed by atoms with van der Waals surface area (Å²) in [6.45, 7) is 0. The Morgan fingerprint density at radius 1 is 0.353 bits per heavy atom. The van der Waals surface area contributed by atoms with E-state index in [1.807, 2.05) is 0 Å². The van der Waals surface area contributed by atoms with Crippen LogP contribution in [0.25, 0.3) is 0 Å². The number of hydrogen-bond acceptors (Lipinski definition) is 1. The van der Waals surface area contributed by atoms with E-state index >= 15 is 0 Å². The van der Waals surface area contributed by atoms with Crippen LogP contribution in [0.5, 0.6) is 0 Å². The highest BCUT2D eigenvalue weighted by atomic mass is 19.4. The largest absolute Gasteiger partial charge is 0.435 e. The molecule has 1 saturated carbocycles. The molecule has 0 aromatic heterocycles. The first-order chi connectivity index (χ1) is 14.2. The third kappa shape index (κ3) is 2.95. The van der Waals surface area contributed by atoms with Crippen LogP contribution in [-0.2, 0) is 4.74 Å². The molecule has 34 heavy (non-hydrogen) atoms. The second-order valence-corrected chi connectivity index (χ2v) is 6.33. The van der Waals surface area contributed by atoms with Crippen molar-refractivity contribution in [3.05, 3.63) is 0 Å². The van der Waals surface area contributed by atoms with Gasteiger partial charge >= 0.3 is 65.5 Å². The molecule has 1 rings (SSSR count). The third-order valence-electron chi connectivity index (χ3n) is 4.35. The van der Waals surface area contributed by atoms with Crippen molar-refractivity contribution < 1.29 is 101 Å². The van der Waals surface area contributed by atoms with Crippen LogP contribution in [0.4, 0.5) is 96.6 Å². The highest BCUT2D eigenvalue weighted by Gasteiger charge is 3.06. The van der Waals surface area contributed by atoms with E-state index in [2.05, 4.69) is 0 Å². The van der Waals surface area contributed by atoms with Crippen LogP contribution >= 0.6 is 0 Å². The fourth-order valence-electron chi connectivity index (χ4n) is 2.63. The summed E-state index contributed by atoms with van der Waals surface area (Å²) in [5.41, 5.74) is -18.6. The summed E-state index contributed by atoms with van der Waals surface area (Å²) >= 11 is 0. The van der Waals surface area contributed by atoms with Crippen LogP contribution in [0.3, 0.4) is 0 Å². The predicted molar refractivity (Wildman–Crippen MR) is 55.5 cm³/mol. The van der Waals surface area contributed by atoms with Gasteiger partial charge in [0, 0.05) is 0 Å². The highest BCUT2D eigenvalue weighted by molar-refractivity contribution is 5.27. The van der Waals surface area contributed by atoms with Crippen LogP contribution in [0.2, 0.25) is 0 Å². The molecule has 0 saturated heterocycles. The molecule has 0 aromatic carbocycles. The normalized spacial score (nSPS) is 24.9. The molecule has 23 heteroatoms. The van der Waals surface area contributed by atoms with Crippen molar-refractivity contribution in [2.45, 2.75) is 65.5 Å². The SMILES string of the molecule is FC(F)(F)C(F)(C(F)(F)F)C(OC1(F)C(F)(F)C(F)(F)C(F)(F)C1(F)F)(C(F)(F)F)C(F)(F)F. The highest BCUT2D eigenvalue weighted by Crippen LogP contribution is 2.73. The van der Waals surface area contributed by atoms with E-state index in [4.69, 9.17) is 0 Å². The van der Waals surface area contributed by atoms with Gasteiger partial charge in [-0.25, -0.2) is 4.39 Å². The molecule has 0 heterocycles. The molecule has 0 aromatic rings. The molecule has 1 aliphatic rings. The molecule has 0 bridgehead atoms. The summed E-state index contributed by atoms with van der Waals surface area (Å²) < 4.78 is 289. The molecule has 0 N–H and O–H groups in total. The van der Waals surface area contributed by atoms with E-state index in [0.717, 1.165) is 4.74 Å². The average molecular weight is 566 g/mol. The molecule has 204 valence electrons. The molecule has 0 unspecified atom stereocenters. The zero-order valence-corrected chi connectivity index (χ0v) is 14.2. The first-order valence-electron chi connectivity index (χ1n) is 7.07. The van der Waals surface area contributed by atoms with Crippen molar-refractivity contribution >= 4 is 0 Å². The maximum atomic E-state index is 14.1. The van der Waals surface area contributed by atoms with Gasteiger partial charge in [0.05, 0.1) is 0 Å². The Kier molecular flexibility index (Phi) is 6.08. The Morgan fingerprint density at radius 3 is 0.765 bits per heavy atom. The lowest BCUT2D eigenvalue weighted by Crippen LogP contribution is -2.82. The van der Waals surface area contributed by atoms with Gasteiger partial charge in [0.1, 0.15) is 0 Å². The topological polar surface area (TPSA) is 9.23 Å². The van der Waals surface area contributed by atoms with Crippen molar-refractivity contribution in [1.82, 2.24) is 0 Å². The Balaban J connectivity index is 4.41. The van der Waals surface area contributed by atoms with Gasteiger partial charge in [0.15, 0.2) is 0 Å². The number of halogens is 22.